The zero-order valence-corrected chi connectivity index (χ0v) is 11.1. The Morgan fingerprint density at radius 3 is 2.62 bits per heavy atom. The number of hydrogen-bond acceptors (Lipinski definition) is 5. The first-order chi connectivity index (χ1) is 7.67. The van der Waals surface area contributed by atoms with Crippen molar-refractivity contribution in [3.05, 3.63) is 11.1 Å². The highest BCUT2D eigenvalue weighted by atomic mass is 32.1. The largest absolute Gasteiger partial charge is 0.391 e. The molecule has 0 radical (unpaired) electrons. The summed E-state index contributed by atoms with van der Waals surface area (Å²) in [6.45, 7) is 5.30. The molecule has 0 fully saturated rings. The van der Waals surface area contributed by atoms with Gasteiger partial charge in [-0.2, -0.15) is 0 Å². The van der Waals surface area contributed by atoms with Crippen molar-refractivity contribution < 1.29 is 5.11 Å². The highest BCUT2D eigenvalue weighted by Crippen LogP contribution is 2.22. The van der Waals surface area contributed by atoms with E-state index in [-0.39, 0.29) is 6.61 Å². The third kappa shape index (κ3) is 4.08. The Hall–Kier alpha value is -0.650. The molecule has 16 heavy (non-hydrogen) atoms. The van der Waals surface area contributed by atoms with Gasteiger partial charge in [0.05, 0.1) is 11.5 Å². The lowest BCUT2D eigenvalue weighted by molar-refractivity contribution is 0.285. The molecule has 5 heteroatoms. The number of aromatic nitrogens is 1. The Morgan fingerprint density at radius 2 is 2.12 bits per heavy atom. The van der Waals surface area contributed by atoms with E-state index in [9.17, 15) is 0 Å². The molecule has 0 bridgehead atoms. The van der Waals surface area contributed by atoms with E-state index in [1.807, 2.05) is 0 Å². The van der Waals surface area contributed by atoms with Crippen LogP contribution in [0.5, 0.6) is 0 Å². The van der Waals surface area contributed by atoms with Crippen LogP contribution in [-0.4, -0.2) is 48.7 Å². The molecule has 0 aliphatic heterocycles. The van der Waals surface area contributed by atoms with E-state index in [0.717, 1.165) is 36.1 Å². The van der Waals surface area contributed by atoms with E-state index in [4.69, 9.17) is 5.11 Å². The van der Waals surface area contributed by atoms with Gasteiger partial charge in [-0.05, 0) is 34.0 Å². The van der Waals surface area contributed by atoms with Gasteiger partial charge in [0, 0.05) is 19.3 Å². The number of thiazole rings is 1. The molecule has 0 saturated heterocycles. The molecule has 1 heterocycles. The average Bonchev–Trinajstić information content (AvgIpc) is 2.72. The second-order valence-electron chi connectivity index (χ2n) is 4.00. The third-order valence-electron chi connectivity index (χ3n) is 2.38. The maximum absolute atomic E-state index is 9.00. The number of anilines is 1. The molecule has 0 aliphatic carbocycles. The van der Waals surface area contributed by atoms with Crippen molar-refractivity contribution in [2.24, 2.45) is 0 Å². The molecule has 0 aromatic carbocycles. The van der Waals surface area contributed by atoms with E-state index in [2.05, 4.69) is 35.8 Å². The standard InChI is InChI=1S/C11H21N3OS/c1-4-14(7-5-6-13(2)3)11-12-8-10(9-15)16-11/h8,15H,4-7,9H2,1-3H3. The minimum absolute atomic E-state index is 0.0902. The van der Waals surface area contributed by atoms with Crippen LogP contribution in [0.2, 0.25) is 0 Å². The molecule has 0 unspecified atom stereocenters. The summed E-state index contributed by atoms with van der Waals surface area (Å²) in [5, 5.41) is 10.0. The number of nitrogens with zero attached hydrogens (tertiary/aromatic N) is 3. The van der Waals surface area contributed by atoms with Crippen LogP contribution in [0.15, 0.2) is 6.20 Å². The molecule has 0 atom stereocenters. The maximum atomic E-state index is 9.00. The van der Waals surface area contributed by atoms with Crippen molar-refractivity contribution in [3.8, 4) is 0 Å². The summed E-state index contributed by atoms with van der Waals surface area (Å²) in [7, 11) is 4.17. The summed E-state index contributed by atoms with van der Waals surface area (Å²) in [4.78, 5) is 9.70. The van der Waals surface area contributed by atoms with Gasteiger partial charge >= 0.3 is 0 Å². The molecule has 0 aliphatic rings. The van der Waals surface area contributed by atoms with Crippen molar-refractivity contribution >= 4 is 16.5 Å². The van der Waals surface area contributed by atoms with E-state index in [1.54, 1.807) is 17.5 Å². The van der Waals surface area contributed by atoms with Crippen LogP contribution < -0.4 is 4.90 Å². The monoisotopic (exact) mass is 243 g/mol. The number of hydrogen-bond donors (Lipinski definition) is 1. The molecule has 0 saturated carbocycles. The van der Waals surface area contributed by atoms with E-state index in [1.165, 1.54) is 0 Å². The maximum Gasteiger partial charge on any atom is 0.185 e. The summed E-state index contributed by atoms with van der Waals surface area (Å²) in [5.74, 6) is 0. The van der Waals surface area contributed by atoms with Crippen LogP contribution >= 0.6 is 11.3 Å². The summed E-state index contributed by atoms with van der Waals surface area (Å²) in [6.07, 6.45) is 2.89. The van der Waals surface area contributed by atoms with Gasteiger partial charge in [-0.25, -0.2) is 4.98 Å². The van der Waals surface area contributed by atoms with Crippen molar-refractivity contribution in [1.82, 2.24) is 9.88 Å². The van der Waals surface area contributed by atoms with Crippen molar-refractivity contribution in [1.29, 1.82) is 0 Å². The molecule has 4 nitrogen and oxygen atoms in total. The first-order valence-corrected chi connectivity index (χ1v) is 6.44. The van der Waals surface area contributed by atoms with Crippen LogP contribution in [0.4, 0.5) is 5.13 Å². The third-order valence-corrected chi connectivity index (χ3v) is 3.43. The van der Waals surface area contributed by atoms with Gasteiger partial charge < -0.3 is 14.9 Å². The summed E-state index contributed by atoms with van der Waals surface area (Å²) >= 11 is 1.58. The van der Waals surface area contributed by atoms with Gasteiger partial charge in [0.1, 0.15) is 0 Å². The van der Waals surface area contributed by atoms with Gasteiger partial charge in [0.15, 0.2) is 5.13 Å². The number of aliphatic hydroxyl groups excluding tert-OH is 1. The first kappa shape index (κ1) is 13.4. The van der Waals surface area contributed by atoms with E-state index >= 15 is 0 Å². The summed E-state index contributed by atoms with van der Waals surface area (Å²) in [6, 6.07) is 0. The smallest absolute Gasteiger partial charge is 0.185 e. The SMILES string of the molecule is CCN(CCCN(C)C)c1ncc(CO)s1. The highest BCUT2D eigenvalue weighted by molar-refractivity contribution is 7.15. The van der Waals surface area contributed by atoms with Crippen molar-refractivity contribution in [2.45, 2.75) is 20.0 Å². The molecule has 1 rings (SSSR count). The van der Waals surface area contributed by atoms with Crippen LogP contribution in [0.3, 0.4) is 0 Å². The highest BCUT2D eigenvalue weighted by Gasteiger charge is 2.08. The van der Waals surface area contributed by atoms with Crippen LogP contribution in [0.25, 0.3) is 0 Å². The zero-order chi connectivity index (χ0) is 12.0. The van der Waals surface area contributed by atoms with E-state index < -0.39 is 0 Å². The Balaban J connectivity index is 2.46. The predicted octanol–water partition coefficient (Wildman–Crippen LogP) is 1.41. The Morgan fingerprint density at radius 1 is 1.38 bits per heavy atom. The molecular weight excluding hydrogens is 222 g/mol. The molecule has 1 N–H and O–H groups in total. The predicted molar refractivity (Wildman–Crippen MR) is 69.1 cm³/mol. The van der Waals surface area contributed by atoms with Crippen molar-refractivity contribution in [3.63, 3.8) is 0 Å². The second-order valence-corrected chi connectivity index (χ2v) is 5.10. The molecular formula is C11H21N3OS. The fourth-order valence-corrected chi connectivity index (χ4v) is 2.34. The topological polar surface area (TPSA) is 39.6 Å². The van der Waals surface area contributed by atoms with Gasteiger partial charge in [-0.3, -0.25) is 0 Å². The van der Waals surface area contributed by atoms with Gasteiger partial charge in [-0.15, -0.1) is 0 Å². The molecule has 0 amide bonds. The van der Waals surface area contributed by atoms with E-state index in [0.29, 0.717) is 0 Å². The minimum atomic E-state index is 0.0902. The quantitative estimate of drug-likeness (QED) is 0.786. The fourth-order valence-electron chi connectivity index (χ4n) is 1.48. The van der Waals surface area contributed by atoms with Crippen LogP contribution in [0.1, 0.15) is 18.2 Å². The first-order valence-electron chi connectivity index (χ1n) is 5.62. The lowest BCUT2D eigenvalue weighted by Gasteiger charge is -2.20. The number of aliphatic hydroxyl groups is 1. The minimum Gasteiger partial charge on any atom is -0.391 e. The molecule has 1 aromatic heterocycles. The van der Waals surface area contributed by atoms with Crippen LogP contribution in [-0.2, 0) is 6.61 Å². The van der Waals surface area contributed by atoms with Gasteiger partial charge in [0.25, 0.3) is 0 Å². The Kier molecular flexibility index (Phi) is 5.73. The van der Waals surface area contributed by atoms with Gasteiger partial charge in [0.2, 0.25) is 0 Å². The van der Waals surface area contributed by atoms with Crippen molar-refractivity contribution in [2.75, 3.05) is 38.6 Å². The van der Waals surface area contributed by atoms with Gasteiger partial charge in [-0.1, -0.05) is 11.3 Å². The number of rotatable bonds is 7. The summed E-state index contributed by atoms with van der Waals surface area (Å²) in [5.41, 5.74) is 0. The Labute approximate surface area is 102 Å². The average molecular weight is 243 g/mol. The normalized spacial score (nSPS) is 11.1. The molecule has 92 valence electrons. The lowest BCUT2D eigenvalue weighted by atomic mass is 10.4. The second kappa shape index (κ2) is 6.83. The fraction of sp³-hybridized carbons (Fsp3) is 0.727. The zero-order valence-electron chi connectivity index (χ0n) is 10.3. The summed E-state index contributed by atoms with van der Waals surface area (Å²) < 4.78 is 0. The molecule has 0 spiro atoms. The lowest BCUT2D eigenvalue weighted by Crippen LogP contribution is -2.26. The molecule has 1 aromatic rings. The van der Waals surface area contributed by atoms with Crippen LogP contribution in [0, 0.1) is 0 Å². The Bertz CT molecular complexity index is 301.